The topological polar surface area (TPSA) is 84.1 Å². The van der Waals surface area contributed by atoms with Crippen LogP contribution in [0, 0.1) is 0 Å². The molecule has 0 saturated carbocycles. The lowest BCUT2D eigenvalue weighted by atomic mass is 10.1. The summed E-state index contributed by atoms with van der Waals surface area (Å²) in [7, 11) is 0. The van der Waals surface area contributed by atoms with Crippen molar-refractivity contribution in [1.82, 2.24) is 9.97 Å². The number of hydrogen-bond donors (Lipinski definition) is 2. The van der Waals surface area contributed by atoms with Crippen molar-refractivity contribution >= 4 is 17.5 Å². The largest absolute Gasteiger partial charge is 0.377 e. The molecule has 4 rings (SSSR count). The molecule has 4 heterocycles. The summed E-state index contributed by atoms with van der Waals surface area (Å²) in [5.41, 5.74) is 7.03. The SMILES string of the molecule is NC(=O)N1C=CCNc2c3nc(nc21)C3. The maximum absolute atomic E-state index is 11.2. The van der Waals surface area contributed by atoms with Gasteiger partial charge in [-0.15, -0.1) is 0 Å². The molecule has 0 atom stereocenters. The monoisotopic (exact) mass is 203 g/mol. The van der Waals surface area contributed by atoms with Gasteiger partial charge in [0.15, 0.2) is 5.82 Å². The van der Waals surface area contributed by atoms with Crippen molar-refractivity contribution in [3.05, 3.63) is 23.8 Å². The van der Waals surface area contributed by atoms with Crippen molar-refractivity contribution in [2.24, 2.45) is 5.73 Å². The van der Waals surface area contributed by atoms with E-state index in [-0.39, 0.29) is 0 Å². The van der Waals surface area contributed by atoms with Crippen LogP contribution in [-0.2, 0) is 6.42 Å². The van der Waals surface area contributed by atoms with Crippen LogP contribution in [0.2, 0.25) is 0 Å². The Morgan fingerprint density at radius 2 is 2.33 bits per heavy atom. The summed E-state index contributed by atoms with van der Waals surface area (Å²) in [6, 6.07) is -0.534. The number of urea groups is 1. The molecule has 6 nitrogen and oxygen atoms in total. The Kier molecular flexibility index (Phi) is 1.47. The van der Waals surface area contributed by atoms with Gasteiger partial charge in [0.1, 0.15) is 11.5 Å². The van der Waals surface area contributed by atoms with Crippen molar-refractivity contribution in [2.75, 3.05) is 16.8 Å². The third kappa shape index (κ3) is 1.08. The fourth-order valence-corrected chi connectivity index (χ4v) is 1.73. The molecule has 3 aliphatic rings. The van der Waals surface area contributed by atoms with Crippen LogP contribution in [0.15, 0.2) is 12.3 Å². The Morgan fingerprint density at radius 1 is 1.53 bits per heavy atom. The lowest BCUT2D eigenvalue weighted by Crippen LogP contribution is -2.33. The van der Waals surface area contributed by atoms with Crippen LogP contribution >= 0.6 is 0 Å². The number of nitrogens with two attached hydrogens (primary N) is 1. The van der Waals surface area contributed by atoms with Crippen LogP contribution in [0.5, 0.6) is 0 Å². The molecule has 0 unspecified atom stereocenters. The van der Waals surface area contributed by atoms with Gasteiger partial charge < -0.3 is 11.1 Å². The van der Waals surface area contributed by atoms with E-state index in [4.69, 9.17) is 5.73 Å². The fraction of sp³-hybridized carbons (Fsp3) is 0.222. The molecule has 0 saturated heterocycles. The van der Waals surface area contributed by atoms with Crippen molar-refractivity contribution < 1.29 is 4.79 Å². The van der Waals surface area contributed by atoms with E-state index in [0.717, 1.165) is 23.6 Å². The zero-order valence-electron chi connectivity index (χ0n) is 7.90. The highest BCUT2D eigenvalue weighted by Gasteiger charge is 2.27. The summed E-state index contributed by atoms with van der Waals surface area (Å²) in [5, 5.41) is 3.16. The Balaban J connectivity index is 2.16. The maximum Gasteiger partial charge on any atom is 0.324 e. The van der Waals surface area contributed by atoms with Gasteiger partial charge in [0.25, 0.3) is 0 Å². The fourth-order valence-electron chi connectivity index (χ4n) is 1.73. The molecular weight excluding hydrogens is 194 g/mol. The highest BCUT2D eigenvalue weighted by molar-refractivity contribution is 5.96. The first-order valence-electron chi connectivity index (χ1n) is 4.64. The third-order valence-corrected chi connectivity index (χ3v) is 2.45. The predicted octanol–water partition coefficient (Wildman–Crippen LogP) is 0.205. The van der Waals surface area contributed by atoms with Gasteiger partial charge in [-0.1, -0.05) is 0 Å². The molecule has 2 amide bonds. The number of hydrogen-bond acceptors (Lipinski definition) is 4. The summed E-state index contributed by atoms with van der Waals surface area (Å²) in [6.07, 6.45) is 4.23. The first-order chi connectivity index (χ1) is 7.25. The average molecular weight is 203 g/mol. The number of carbonyl (C=O) groups is 1. The second-order valence-electron chi connectivity index (χ2n) is 3.44. The minimum absolute atomic E-state index is 0.534. The van der Waals surface area contributed by atoms with E-state index >= 15 is 0 Å². The van der Waals surface area contributed by atoms with Gasteiger partial charge in [-0.05, 0) is 6.08 Å². The number of primary amides is 1. The van der Waals surface area contributed by atoms with Gasteiger partial charge in [-0.2, -0.15) is 0 Å². The first kappa shape index (κ1) is 8.22. The normalized spacial score (nSPS) is 16.1. The number of aromatic nitrogens is 2. The molecule has 3 N–H and O–H groups in total. The lowest BCUT2D eigenvalue weighted by Gasteiger charge is -2.23. The second kappa shape index (κ2) is 2.69. The van der Waals surface area contributed by atoms with Crippen LogP contribution in [0.4, 0.5) is 16.3 Å². The molecule has 76 valence electrons. The summed E-state index contributed by atoms with van der Waals surface area (Å²) < 4.78 is 0. The number of nitrogens with zero attached hydrogens (tertiary/aromatic N) is 3. The van der Waals surface area contributed by atoms with E-state index in [1.165, 1.54) is 4.90 Å². The minimum atomic E-state index is -0.534. The molecule has 0 aromatic carbocycles. The highest BCUT2D eigenvalue weighted by Crippen LogP contribution is 2.34. The lowest BCUT2D eigenvalue weighted by molar-refractivity contribution is 0.255. The predicted molar refractivity (Wildman–Crippen MR) is 54.5 cm³/mol. The van der Waals surface area contributed by atoms with E-state index in [2.05, 4.69) is 15.3 Å². The van der Waals surface area contributed by atoms with Crippen LogP contribution < -0.4 is 16.0 Å². The third-order valence-electron chi connectivity index (χ3n) is 2.45. The minimum Gasteiger partial charge on any atom is -0.377 e. The standard InChI is InChI=1S/C9H9N5O/c10-9(15)14-3-1-2-11-7-5-4-6(12-5)13-8(7)14/h1,3,11H,2,4H2,(H2,10,15). The van der Waals surface area contributed by atoms with E-state index in [0.29, 0.717) is 12.4 Å². The van der Waals surface area contributed by atoms with Crippen LogP contribution in [0.3, 0.4) is 0 Å². The van der Waals surface area contributed by atoms with Crippen molar-refractivity contribution in [3.8, 4) is 0 Å². The number of amides is 2. The van der Waals surface area contributed by atoms with Gasteiger partial charge in [0, 0.05) is 12.7 Å². The molecule has 1 aromatic rings. The smallest absolute Gasteiger partial charge is 0.324 e. The summed E-state index contributed by atoms with van der Waals surface area (Å²) in [4.78, 5) is 21.0. The number of carbonyl (C=O) groups excluding carboxylic acids is 1. The molecule has 0 spiro atoms. The molecule has 3 aliphatic heterocycles. The van der Waals surface area contributed by atoms with Gasteiger partial charge in [-0.3, -0.25) is 4.90 Å². The zero-order chi connectivity index (χ0) is 10.4. The number of nitrogens with one attached hydrogen (secondary N) is 1. The quantitative estimate of drug-likeness (QED) is 0.640. The Labute approximate surface area is 85.8 Å². The molecule has 0 aliphatic carbocycles. The first-order valence-corrected chi connectivity index (χ1v) is 4.64. The molecule has 0 fully saturated rings. The molecule has 2 bridgehead atoms. The van der Waals surface area contributed by atoms with Gasteiger partial charge in [0.2, 0.25) is 0 Å². The van der Waals surface area contributed by atoms with Crippen molar-refractivity contribution in [1.29, 1.82) is 0 Å². The Hall–Kier alpha value is -2.11. The van der Waals surface area contributed by atoms with Crippen LogP contribution in [0.1, 0.15) is 11.5 Å². The molecule has 6 heteroatoms. The van der Waals surface area contributed by atoms with Gasteiger partial charge >= 0.3 is 6.03 Å². The van der Waals surface area contributed by atoms with Crippen LogP contribution in [0.25, 0.3) is 0 Å². The number of rotatable bonds is 0. The molecule has 1 aromatic heterocycles. The summed E-state index contributed by atoms with van der Waals surface area (Å²) in [6.45, 7) is 0.645. The van der Waals surface area contributed by atoms with E-state index in [1.807, 2.05) is 6.08 Å². The van der Waals surface area contributed by atoms with E-state index in [9.17, 15) is 4.79 Å². The number of anilines is 2. The van der Waals surface area contributed by atoms with E-state index < -0.39 is 6.03 Å². The second-order valence-corrected chi connectivity index (χ2v) is 3.44. The Morgan fingerprint density at radius 3 is 3.07 bits per heavy atom. The summed E-state index contributed by atoms with van der Waals surface area (Å²) in [5.74, 6) is 1.31. The summed E-state index contributed by atoms with van der Waals surface area (Å²) >= 11 is 0. The van der Waals surface area contributed by atoms with Crippen molar-refractivity contribution in [2.45, 2.75) is 6.42 Å². The molecular formula is C9H9N5O. The zero-order valence-corrected chi connectivity index (χ0v) is 7.90. The van der Waals surface area contributed by atoms with Crippen LogP contribution in [-0.4, -0.2) is 22.5 Å². The average Bonchev–Trinajstić information content (AvgIpc) is 2.37. The van der Waals surface area contributed by atoms with Gasteiger partial charge in [-0.25, -0.2) is 14.8 Å². The Bertz CT molecular complexity index is 482. The van der Waals surface area contributed by atoms with E-state index in [1.54, 1.807) is 6.20 Å². The molecule has 0 radical (unpaired) electrons. The highest BCUT2D eigenvalue weighted by atomic mass is 16.2. The maximum atomic E-state index is 11.2. The van der Waals surface area contributed by atoms with Crippen molar-refractivity contribution in [3.63, 3.8) is 0 Å². The molecule has 15 heavy (non-hydrogen) atoms. The van der Waals surface area contributed by atoms with Gasteiger partial charge in [0.05, 0.1) is 12.1 Å².